The first kappa shape index (κ1) is 18.3. The van der Waals surface area contributed by atoms with Gasteiger partial charge in [-0.3, -0.25) is 4.98 Å². The van der Waals surface area contributed by atoms with Crippen LogP contribution in [0.15, 0.2) is 30.6 Å². The summed E-state index contributed by atoms with van der Waals surface area (Å²) in [5.74, 6) is 0.851. The van der Waals surface area contributed by atoms with Crippen LogP contribution in [0, 0.1) is 0 Å². The number of hydrogen-bond acceptors (Lipinski definition) is 5. The molecule has 0 aliphatic carbocycles. The molecule has 1 amide bonds. The number of nitrogens with one attached hydrogen (secondary N) is 1. The number of nitrogens with zero attached hydrogens (tertiary/aromatic N) is 2. The van der Waals surface area contributed by atoms with Crippen molar-refractivity contribution in [1.82, 2.24) is 10.3 Å². The largest absolute Gasteiger partial charge is 0.495 e. The molecule has 1 aromatic heterocycles. The van der Waals surface area contributed by atoms with E-state index in [1.807, 2.05) is 39.1 Å². The molecule has 1 aliphatic heterocycles. The lowest BCUT2D eigenvalue weighted by atomic mass is 10.0. The number of piperidine rings is 1. The Morgan fingerprint density at radius 2 is 1.96 bits per heavy atom. The standard InChI is InChI=1S/C20H27N3O3/c1-20(2,3)26-19(24)22-15-8-11-23(12-9-15)18-16-13-21-10-7-14(16)5-6-17(18)25-4/h5-7,10,13,15H,8-9,11-12H2,1-4H3,(H,22,24). The Balaban J connectivity index is 1.71. The number of amides is 1. The van der Waals surface area contributed by atoms with Crippen molar-refractivity contribution < 1.29 is 14.3 Å². The van der Waals surface area contributed by atoms with Gasteiger partial charge in [0.25, 0.3) is 0 Å². The summed E-state index contributed by atoms with van der Waals surface area (Å²) < 4.78 is 10.9. The second-order valence-corrected chi connectivity index (χ2v) is 7.62. The number of fused-ring (bicyclic) bond motifs is 1. The minimum absolute atomic E-state index is 0.125. The predicted molar refractivity (Wildman–Crippen MR) is 103 cm³/mol. The molecule has 1 fully saturated rings. The predicted octanol–water partition coefficient (Wildman–Crippen LogP) is 3.74. The number of methoxy groups -OCH3 is 1. The molecular formula is C20H27N3O3. The maximum atomic E-state index is 12.0. The Morgan fingerprint density at radius 3 is 2.62 bits per heavy atom. The van der Waals surface area contributed by atoms with E-state index in [9.17, 15) is 4.79 Å². The number of carbonyl (C=O) groups is 1. The zero-order valence-corrected chi connectivity index (χ0v) is 15.9. The van der Waals surface area contributed by atoms with Crippen LogP contribution in [0.3, 0.4) is 0 Å². The molecule has 1 aromatic carbocycles. The summed E-state index contributed by atoms with van der Waals surface area (Å²) >= 11 is 0. The van der Waals surface area contributed by atoms with Gasteiger partial charge >= 0.3 is 6.09 Å². The van der Waals surface area contributed by atoms with Gasteiger partial charge in [-0.15, -0.1) is 0 Å². The summed E-state index contributed by atoms with van der Waals surface area (Å²) in [5.41, 5.74) is 0.600. The smallest absolute Gasteiger partial charge is 0.407 e. The van der Waals surface area contributed by atoms with Crippen molar-refractivity contribution in [2.75, 3.05) is 25.1 Å². The van der Waals surface area contributed by atoms with Gasteiger partial charge in [0.2, 0.25) is 0 Å². The lowest BCUT2D eigenvalue weighted by molar-refractivity contribution is 0.0497. The Kier molecular flexibility index (Phi) is 5.20. The molecule has 0 spiro atoms. The summed E-state index contributed by atoms with van der Waals surface area (Å²) in [4.78, 5) is 18.6. The number of pyridine rings is 1. The van der Waals surface area contributed by atoms with Gasteiger partial charge in [-0.05, 0) is 51.1 Å². The first-order valence-electron chi connectivity index (χ1n) is 9.02. The van der Waals surface area contributed by atoms with Crippen LogP contribution in [0.4, 0.5) is 10.5 Å². The molecule has 1 saturated heterocycles. The van der Waals surface area contributed by atoms with Crippen LogP contribution in [0.5, 0.6) is 5.75 Å². The van der Waals surface area contributed by atoms with Crippen molar-refractivity contribution in [1.29, 1.82) is 0 Å². The van der Waals surface area contributed by atoms with E-state index in [1.54, 1.807) is 13.3 Å². The van der Waals surface area contributed by atoms with Gasteiger partial charge < -0.3 is 19.7 Å². The second kappa shape index (κ2) is 7.40. The Bertz CT molecular complexity index is 777. The molecule has 0 radical (unpaired) electrons. The van der Waals surface area contributed by atoms with Crippen molar-refractivity contribution in [2.24, 2.45) is 0 Å². The highest BCUT2D eigenvalue weighted by Gasteiger charge is 2.26. The van der Waals surface area contributed by atoms with Crippen LogP contribution in [0.1, 0.15) is 33.6 Å². The fraction of sp³-hybridized carbons (Fsp3) is 0.500. The fourth-order valence-corrected chi connectivity index (χ4v) is 3.34. The minimum Gasteiger partial charge on any atom is -0.495 e. The van der Waals surface area contributed by atoms with E-state index in [2.05, 4.69) is 21.3 Å². The Hall–Kier alpha value is -2.50. The molecule has 6 heteroatoms. The summed E-state index contributed by atoms with van der Waals surface area (Å²) in [7, 11) is 1.69. The zero-order chi connectivity index (χ0) is 18.7. The molecule has 0 saturated carbocycles. The SMILES string of the molecule is COc1ccc2ccncc2c1N1CCC(NC(=O)OC(C)(C)C)CC1. The van der Waals surface area contributed by atoms with Gasteiger partial charge in [-0.25, -0.2) is 4.79 Å². The number of carbonyl (C=O) groups excluding carboxylic acids is 1. The molecular weight excluding hydrogens is 330 g/mol. The van der Waals surface area contributed by atoms with Crippen LogP contribution in [0.2, 0.25) is 0 Å². The molecule has 1 aliphatic rings. The quantitative estimate of drug-likeness (QED) is 0.907. The maximum Gasteiger partial charge on any atom is 0.407 e. The first-order chi connectivity index (χ1) is 12.4. The molecule has 2 aromatic rings. The molecule has 6 nitrogen and oxygen atoms in total. The molecule has 1 N–H and O–H groups in total. The minimum atomic E-state index is -0.478. The normalized spacial score (nSPS) is 15.8. The molecule has 2 heterocycles. The van der Waals surface area contributed by atoms with Gasteiger partial charge in [-0.2, -0.15) is 0 Å². The molecule has 0 atom stereocenters. The second-order valence-electron chi connectivity index (χ2n) is 7.62. The average Bonchev–Trinajstić information content (AvgIpc) is 2.60. The van der Waals surface area contributed by atoms with Crippen molar-refractivity contribution in [2.45, 2.75) is 45.3 Å². The molecule has 3 rings (SSSR count). The van der Waals surface area contributed by atoms with E-state index in [-0.39, 0.29) is 12.1 Å². The first-order valence-corrected chi connectivity index (χ1v) is 9.02. The van der Waals surface area contributed by atoms with Gasteiger partial charge in [0.1, 0.15) is 11.4 Å². The van der Waals surface area contributed by atoms with E-state index in [0.717, 1.165) is 48.1 Å². The monoisotopic (exact) mass is 357 g/mol. The fourth-order valence-electron chi connectivity index (χ4n) is 3.34. The molecule has 26 heavy (non-hydrogen) atoms. The third-order valence-corrected chi connectivity index (χ3v) is 4.51. The van der Waals surface area contributed by atoms with E-state index in [4.69, 9.17) is 9.47 Å². The number of ether oxygens (including phenoxy) is 2. The van der Waals surface area contributed by atoms with Gasteiger partial charge in [0.15, 0.2) is 0 Å². The number of rotatable bonds is 3. The lowest BCUT2D eigenvalue weighted by Crippen LogP contribution is -2.46. The van der Waals surface area contributed by atoms with Crippen LogP contribution < -0.4 is 15.0 Å². The molecule has 0 bridgehead atoms. The molecule has 0 unspecified atom stereocenters. The van der Waals surface area contributed by atoms with E-state index < -0.39 is 5.60 Å². The topological polar surface area (TPSA) is 63.7 Å². The van der Waals surface area contributed by atoms with E-state index >= 15 is 0 Å². The summed E-state index contributed by atoms with van der Waals surface area (Å²) in [6.45, 7) is 7.29. The summed E-state index contributed by atoms with van der Waals surface area (Å²) in [6, 6.07) is 6.19. The Labute approximate surface area is 154 Å². The van der Waals surface area contributed by atoms with Crippen molar-refractivity contribution in [3.05, 3.63) is 30.6 Å². The molecule has 140 valence electrons. The lowest BCUT2D eigenvalue weighted by Gasteiger charge is -2.35. The highest BCUT2D eigenvalue weighted by molar-refractivity contribution is 5.97. The third kappa shape index (κ3) is 4.18. The number of aromatic nitrogens is 1. The van der Waals surface area contributed by atoms with Gasteiger partial charge in [0, 0.05) is 36.9 Å². The van der Waals surface area contributed by atoms with Gasteiger partial charge in [-0.1, -0.05) is 6.07 Å². The van der Waals surface area contributed by atoms with Crippen LogP contribution >= 0.6 is 0 Å². The number of hydrogen-bond donors (Lipinski definition) is 1. The summed E-state index contributed by atoms with van der Waals surface area (Å²) in [6.07, 6.45) is 5.06. The zero-order valence-electron chi connectivity index (χ0n) is 15.9. The summed E-state index contributed by atoms with van der Waals surface area (Å²) in [5, 5.41) is 5.21. The van der Waals surface area contributed by atoms with Crippen molar-refractivity contribution >= 4 is 22.6 Å². The maximum absolute atomic E-state index is 12.0. The third-order valence-electron chi connectivity index (χ3n) is 4.51. The van der Waals surface area contributed by atoms with Crippen LogP contribution in [-0.4, -0.2) is 42.9 Å². The van der Waals surface area contributed by atoms with Crippen molar-refractivity contribution in [3.8, 4) is 5.75 Å². The van der Waals surface area contributed by atoms with Crippen molar-refractivity contribution in [3.63, 3.8) is 0 Å². The van der Waals surface area contributed by atoms with Gasteiger partial charge in [0.05, 0.1) is 12.8 Å². The average molecular weight is 357 g/mol. The van der Waals surface area contributed by atoms with Crippen LogP contribution in [-0.2, 0) is 4.74 Å². The number of benzene rings is 1. The Morgan fingerprint density at radius 1 is 1.23 bits per heavy atom. The highest BCUT2D eigenvalue weighted by Crippen LogP contribution is 2.37. The highest BCUT2D eigenvalue weighted by atomic mass is 16.6. The number of anilines is 1. The van der Waals surface area contributed by atoms with Crippen LogP contribution in [0.25, 0.3) is 10.8 Å². The van der Waals surface area contributed by atoms with E-state index in [1.165, 1.54) is 0 Å². The number of alkyl carbamates (subject to hydrolysis) is 1. The van der Waals surface area contributed by atoms with E-state index in [0.29, 0.717) is 0 Å².